The number of aryl methyl sites for hydroxylation is 1. The number of hydrogen-bond acceptors (Lipinski definition) is 3. The van der Waals surface area contributed by atoms with Crippen LogP contribution < -0.4 is 0 Å². The summed E-state index contributed by atoms with van der Waals surface area (Å²) in [6, 6.07) is 4.37. The molecule has 96 valence electrons. The van der Waals surface area contributed by atoms with Crippen LogP contribution in [0.15, 0.2) is 23.7 Å². The molecule has 3 heterocycles. The van der Waals surface area contributed by atoms with Crippen LogP contribution in [0, 0.1) is 6.92 Å². The van der Waals surface area contributed by atoms with Gasteiger partial charge in [0.2, 0.25) is 0 Å². The molecule has 0 radical (unpaired) electrons. The van der Waals surface area contributed by atoms with Crippen LogP contribution in [0.1, 0.15) is 34.9 Å². The van der Waals surface area contributed by atoms with Crippen LogP contribution in [0.2, 0.25) is 0 Å². The molecule has 1 aliphatic rings. The maximum absolute atomic E-state index is 4.16. The van der Waals surface area contributed by atoms with Gasteiger partial charge in [0.05, 0.1) is 6.20 Å². The lowest BCUT2D eigenvalue weighted by Gasteiger charge is -2.32. The largest absolute Gasteiger partial charge is 0.298 e. The lowest BCUT2D eigenvalue weighted by Crippen LogP contribution is -2.34. The van der Waals surface area contributed by atoms with Gasteiger partial charge in [0, 0.05) is 29.6 Å². The summed E-state index contributed by atoms with van der Waals surface area (Å²) in [6.07, 6.45) is 4.51. The second kappa shape index (κ2) is 5.24. The highest BCUT2D eigenvalue weighted by Crippen LogP contribution is 2.28. The molecule has 0 aromatic carbocycles. The van der Waals surface area contributed by atoms with E-state index >= 15 is 0 Å². The molecular weight excluding hydrogens is 242 g/mol. The van der Waals surface area contributed by atoms with E-state index in [1.54, 1.807) is 0 Å². The van der Waals surface area contributed by atoms with E-state index in [-0.39, 0.29) is 0 Å². The molecular formula is C14H19N3S. The van der Waals surface area contributed by atoms with E-state index in [0.717, 1.165) is 13.1 Å². The van der Waals surface area contributed by atoms with Gasteiger partial charge in [-0.05, 0) is 43.3 Å². The maximum atomic E-state index is 4.16. The van der Waals surface area contributed by atoms with Gasteiger partial charge in [-0.1, -0.05) is 6.07 Å². The van der Waals surface area contributed by atoms with Crippen molar-refractivity contribution in [3.63, 3.8) is 0 Å². The van der Waals surface area contributed by atoms with Crippen molar-refractivity contribution in [2.45, 2.75) is 32.2 Å². The Hall–Kier alpha value is -1.13. The molecule has 0 amide bonds. The molecule has 0 spiro atoms. The number of thiophene rings is 1. The molecule has 3 nitrogen and oxygen atoms in total. The van der Waals surface area contributed by atoms with Gasteiger partial charge >= 0.3 is 0 Å². The molecule has 0 aliphatic carbocycles. The van der Waals surface area contributed by atoms with Crippen molar-refractivity contribution in [2.24, 2.45) is 0 Å². The minimum absolute atomic E-state index is 0.626. The first-order valence-electron chi connectivity index (χ1n) is 6.57. The van der Waals surface area contributed by atoms with Crippen molar-refractivity contribution in [3.8, 4) is 0 Å². The second-order valence-corrected chi connectivity index (χ2v) is 6.15. The Morgan fingerprint density at radius 3 is 3.22 bits per heavy atom. The molecule has 1 saturated heterocycles. The third-order valence-electron chi connectivity index (χ3n) is 3.74. The minimum Gasteiger partial charge on any atom is -0.298 e. The van der Waals surface area contributed by atoms with Gasteiger partial charge in [-0.3, -0.25) is 10.00 Å². The summed E-state index contributed by atoms with van der Waals surface area (Å²) in [7, 11) is 0. The van der Waals surface area contributed by atoms with Crippen LogP contribution in [0.3, 0.4) is 0 Å². The number of likely N-dealkylation sites (tertiary alicyclic amines) is 1. The lowest BCUT2D eigenvalue weighted by molar-refractivity contribution is 0.200. The van der Waals surface area contributed by atoms with E-state index in [0.29, 0.717) is 5.92 Å². The molecule has 1 aliphatic heterocycles. The van der Waals surface area contributed by atoms with Gasteiger partial charge in [-0.25, -0.2) is 0 Å². The molecule has 3 rings (SSSR count). The Labute approximate surface area is 112 Å². The highest BCUT2D eigenvalue weighted by Gasteiger charge is 2.23. The monoisotopic (exact) mass is 261 g/mol. The SMILES string of the molecule is Cc1cn[nH]c1[C@@H]1CCCN(Cc2cccs2)C1. The van der Waals surface area contributed by atoms with Gasteiger partial charge < -0.3 is 0 Å². The normalized spacial score (nSPS) is 21.3. The van der Waals surface area contributed by atoms with Crippen molar-refractivity contribution in [2.75, 3.05) is 13.1 Å². The van der Waals surface area contributed by atoms with Crippen LogP contribution >= 0.6 is 11.3 Å². The summed E-state index contributed by atoms with van der Waals surface area (Å²) in [4.78, 5) is 4.04. The number of nitrogens with zero attached hydrogens (tertiary/aromatic N) is 2. The predicted octanol–water partition coefficient (Wildman–Crippen LogP) is 3.16. The number of nitrogens with one attached hydrogen (secondary N) is 1. The topological polar surface area (TPSA) is 31.9 Å². The van der Waals surface area contributed by atoms with Gasteiger partial charge in [0.25, 0.3) is 0 Å². The third kappa shape index (κ3) is 2.49. The molecule has 2 aromatic rings. The van der Waals surface area contributed by atoms with Gasteiger partial charge in [0.1, 0.15) is 0 Å². The highest BCUT2D eigenvalue weighted by atomic mass is 32.1. The summed E-state index contributed by atoms with van der Waals surface area (Å²) >= 11 is 1.86. The van der Waals surface area contributed by atoms with Crippen LogP contribution in [0.4, 0.5) is 0 Å². The average Bonchev–Trinajstić information content (AvgIpc) is 3.01. The highest BCUT2D eigenvalue weighted by molar-refractivity contribution is 7.09. The summed E-state index contributed by atoms with van der Waals surface area (Å²) in [6.45, 7) is 5.63. The molecule has 2 aromatic heterocycles. The molecule has 1 fully saturated rings. The van der Waals surface area contributed by atoms with Gasteiger partial charge in [-0.2, -0.15) is 5.10 Å². The van der Waals surface area contributed by atoms with E-state index < -0.39 is 0 Å². The fourth-order valence-electron chi connectivity index (χ4n) is 2.83. The first-order valence-corrected chi connectivity index (χ1v) is 7.45. The first-order chi connectivity index (χ1) is 8.83. The maximum Gasteiger partial charge on any atom is 0.0519 e. The number of aromatic nitrogens is 2. The minimum atomic E-state index is 0.626. The first kappa shape index (κ1) is 11.9. The van der Waals surface area contributed by atoms with E-state index in [4.69, 9.17) is 0 Å². The van der Waals surface area contributed by atoms with E-state index in [2.05, 4.69) is 39.5 Å². The molecule has 0 bridgehead atoms. The fourth-order valence-corrected chi connectivity index (χ4v) is 3.57. The van der Waals surface area contributed by atoms with Crippen molar-refractivity contribution >= 4 is 11.3 Å². The Morgan fingerprint density at radius 2 is 2.50 bits per heavy atom. The Balaban J connectivity index is 1.67. The lowest BCUT2D eigenvalue weighted by atomic mass is 9.93. The Morgan fingerprint density at radius 1 is 1.56 bits per heavy atom. The van der Waals surface area contributed by atoms with Crippen LogP contribution in [-0.2, 0) is 6.54 Å². The Bertz CT molecular complexity index is 489. The smallest absolute Gasteiger partial charge is 0.0519 e. The van der Waals surface area contributed by atoms with Crippen molar-refractivity contribution < 1.29 is 0 Å². The Kier molecular flexibility index (Phi) is 3.48. The molecule has 1 N–H and O–H groups in total. The van der Waals surface area contributed by atoms with E-state index in [1.165, 1.54) is 35.5 Å². The van der Waals surface area contributed by atoms with E-state index in [9.17, 15) is 0 Å². The zero-order chi connectivity index (χ0) is 12.4. The second-order valence-electron chi connectivity index (χ2n) is 5.12. The van der Waals surface area contributed by atoms with Crippen molar-refractivity contribution in [3.05, 3.63) is 39.8 Å². The summed E-state index contributed by atoms with van der Waals surface area (Å²) < 4.78 is 0. The molecule has 18 heavy (non-hydrogen) atoms. The molecule has 0 saturated carbocycles. The van der Waals surface area contributed by atoms with Crippen molar-refractivity contribution in [1.29, 1.82) is 0 Å². The van der Waals surface area contributed by atoms with Crippen molar-refractivity contribution in [1.82, 2.24) is 15.1 Å². The average molecular weight is 261 g/mol. The zero-order valence-corrected chi connectivity index (χ0v) is 11.5. The summed E-state index contributed by atoms with van der Waals surface area (Å²) in [5.74, 6) is 0.626. The summed E-state index contributed by atoms with van der Waals surface area (Å²) in [5.41, 5.74) is 2.64. The zero-order valence-electron chi connectivity index (χ0n) is 10.7. The third-order valence-corrected chi connectivity index (χ3v) is 4.60. The quantitative estimate of drug-likeness (QED) is 0.920. The number of piperidine rings is 1. The van der Waals surface area contributed by atoms with Gasteiger partial charge in [-0.15, -0.1) is 11.3 Å². The summed E-state index contributed by atoms with van der Waals surface area (Å²) in [5, 5.41) is 9.50. The molecule has 0 unspecified atom stereocenters. The number of hydrogen-bond donors (Lipinski definition) is 1. The van der Waals surface area contributed by atoms with Crippen LogP contribution in [0.25, 0.3) is 0 Å². The molecule has 4 heteroatoms. The number of H-pyrrole nitrogens is 1. The molecule has 1 atom stereocenters. The standard InChI is InChI=1S/C14H19N3S/c1-11-8-15-16-14(11)12-4-2-6-17(9-12)10-13-5-3-7-18-13/h3,5,7-8,12H,2,4,6,9-10H2,1H3,(H,15,16)/t12-/m1/s1. The number of rotatable bonds is 3. The predicted molar refractivity (Wildman–Crippen MR) is 74.9 cm³/mol. The van der Waals surface area contributed by atoms with Crippen LogP contribution in [-0.4, -0.2) is 28.2 Å². The number of aromatic amines is 1. The van der Waals surface area contributed by atoms with Crippen LogP contribution in [0.5, 0.6) is 0 Å². The van der Waals surface area contributed by atoms with E-state index in [1.807, 2.05) is 17.5 Å². The van der Waals surface area contributed by atoms with Gasteiger partial charge in [0.15, 0.2) is 0 Å². The fraction of sp³-hybridized carbons (Fsp3) is 0.500.